The van der Waals surface area contributed by atoms with Gasteiger partial charge in [-0.3, -0.25) is 4.79 Å². The molecule has 0 unspecified atom stereocenters. The Hall–Kier alpha value is -1.40. The van der Waals surface area contributed by atoms with E-state index in [0.717, 1.165) is 0 Å². The molecule has 2 rings (SSSR count). The Morgan fingerprint density at radius 3 is 2.25 bits per heavy atom. The number of hydrogen-bond donors (Lipinski definition) is 3. The molecule has 0 heterocycles. The van der Waals surface area contributed by atoms with Gasteiger partial charge in [-0.2, -0.15) is 0 Å². The van der Waals surface area contributed by atoms with E-state index in [-0.39, 0.29) is 43.3 Å². The number of hydrogen-bond acceptors (Lipinski definition) is 2. The van der Waals surface area contributed by atoms with Crippen LogP contribution in [0.5, 0.6) is 0 Å². The molecule has 3 N–H and O–H groups in total. The van der Waals surface area contributed by atoms with Crippen molar-refractivity contribution in [1.82, 2.24) is 10.6 Å². The van der Waals surface area contributed by atoms with E-state index in [2.05, 4.69) is 10.6 Å². The van der Waals surface area contributed by atoms with Gasteiger partial charge in [-0.25, -0.2) is 13.6 Å². The number of carbonyl (C=O) groups excluding carboxylic acids is 1. The Bertz CT molecular complexity index is 374. The third-order valence-corrected chi connectivity index (χ3v) is 4.14. The van der Waals surface area contributed by atoms with Crippen LogP contribution in [0.1, 0.15) is 38.5 Å². The zero-order valence-corrected chi connectivity index (χ0v) is 11.2. The molecule has 0 saturated heterocycles. The quantitative estimate of drug-likeness (QED) is 0.740. The highest BCUT2D eigenvalue weighted by Crippen LogP contribution is 2.41. The molecule has 2 saturated carbocycles. The molecule has 0 aliphatic heterocycles. The molecule has 2 fully saturated rings. The first-order valence-corrected chi connectivity index (χ1v) is 7.01. The van der Waals surface area contributed by atoms with Crippen LogP contribution in [0.4, 0.5) is 13.6 Å². The molecule has 0 atom stereocenters. The number of rotatable bonds is 4. The number of halogens is 2. The summed E-state index contributed by atoms with van der Waals surface area (Å²) in [5.41, 5.74) is 0. The largest absolute Gasteiger partial charge is 0.481 e. The second-order valence-electron chi connectivity index (χ2n) is 5.87. The predicted molar refractivity (Wildman–Crippen MR) is 67.6 cm³/mol. The summed E-state index contributed by atoms with van der Waals surface area (Å²) in [7, 11) is 0. The van der Waals surface area contributed by atoms with Gasteiger partial charge in [-0.05, 0) is 31.6 Å². The predicted octanol–water partition coefficient (Wildman–Crippen LogP) is 1.97. The smallest absolute Gasteiger partial charge is 0.315 e. The van der Waals surface area contributed by atoms with Crippen molar-refractivity contribution in [2.24, 2.45) is 11.8 Å². The van der Waals surface area contributed by atoms with Gasteiger partial charge in [-0.1, -0.05) is 0 Å². The third kappa shape index (κ3) is 4.05. The molecular formula is C13H20F2N2O3. The maximum atomic E-state index is 12.6. The lowest BCUT2D eigenvalue weighted by atomic mass is 9.81. The van der Waals surface area contributed by atoms with Gasteiger partial charge >= 0.3 is 12.0 Å². The molecule has 2 aliphatic rings. The number of carboxylic acid groups (broad SMARTS) is 1. The van der Waals surface area contributed by atoms with E-state index in [4.69, 9.17) is 5.11 Å². The van der Waals surface area contributed by atoms with Crippen molar-refractivity contribution < 1.29 is 23.5 Å². The molecular weight excluding hydrogens is 270 g/mol. The number of nitrogens with one attached hydrogen (secondary N) is 2. The summed E-state index contributed by atoms with van der Waals surface area (Å²) in [6, 6.07) is -0.368. The average Bonchev–Trinajstić information content (AvgIpc) is 2.34. The minimum Gasteiger partial charge on any atom is -0.481 e. The fourth-order valence-corrected chi connectivity index (χ4v) is 2.89. The van der Waals surface area contributed by atoms with E-state index in [9.17, 15) is 18.4 Å². The van der Waals surface area contributed by atoms with Crippen LogP contribution in [0.3, 0.4) is 0 Å². The monoisotopic (exact) mass is 290 g/mol. The van der Waals surface area contributed by atoms with Gasteiger partial charge in [0.2, 0.25) is 5.92 Å². The highest BCUT2D eigenvalue weighted by Gasteiger charge is 2.45. The van der Waals surface area contributed by atoms with Crippen molar-refractivity contribution in [2.45, 2.75) is 50.5 Å². The zero-order chi connectivity index (χ0) is 14.8. The lowest BCUT2D eigenvalue weighted by Crippen LogP contribution is -2.48. The van der Waals surface area contributed by atoms with Crippen LogP contribution in [0.2, 0.25) is 0 Å². The fraction of sp³-hybridized carbons (Fsp3) is 0.846. The van der Waals surface area contributed by atoms with Crippen LogP contribution in [0, 0.1) is 11.8 Å². The van der Waals surface area contributed by atoms with Crippen molar-refractivity contribution >= 4 is 12.0 Å². The summed E-state index contributed by atoms with van der Waals surface area (Å²) in [6.45, 7) is 0.270. The standard InChI is InChI=1S/C13H20F2N2O3/c14-13(15)5-8(6-13)7-16-12(20)17-10-3-1-9(2-4-10)11(18)19/h8-10H,1-7H2,(H,18,19)(H2,16,17,20). The van der Waals surface area contributed by atoms with E-state index in [1.165, 1.54) is 0 Å². The molecule has 0 aromatic carbocycles. The Labute approximate surface area is 116 Å². The van der Waals surface area contributed by atoms with Crippen LogP contribution in [0.15, 0.2) is 0 Å². The van der Waals surface area contributed by atoms with E-state index in [0.29, 0.717) is 25.7 Å². The molecule has 114 valence electrons. The van der Waals surface area contributed by atoms with Crippen LogP contribution < -0.4 is 10.6 Å². The normalized spacial score (nSPS) is 29.3. The first-order chi connectivity index (χ1) is 9.35. The van der Waals surface area contributed by atoms with Crippen LogP contribution >= 0.6 is 0 Å². The Morgan fingerprint density at radius 2 is 1.75 bits per heavy atom. The molecule has 0 aromatic heterocycles. The number of carboxylic acids is 1. The van der Waals surface area contributed by atoms with Gasteiger partial charge in [0.1, 0.15) is 0 Å². The molecule has 2 amide bonds. The van der Waals surface area contributed by atoms with E-state index in [1.54, 1.807) is 0 Å². The minimum atomic E-state index is -2.56. The Kier molecular flexibility index (Phi) is 4.45. The number of alkyl halides is 2. The van der Waals surface area contributed by atoms with Gasteiger partial charge in [0, 0.05) is 25.4 Å². The molecule has 7 heteroatoms. The van der Waals surface area contributed by atoms with Gasteiger partial charge in [0.05, 0.1) is 5.92 Å². The molecule has 2 aliphatic carbocycles. The molecule has 0 bridgehead atoms. The van der Waals surface area contributed by atoms with Crippen molar-refractivity contribution in [3.8, 4) is 0 Å². The van der Waals surface area contributed by atoms with Crippen LogP contribution in [0.25, 0.3) is 0 Å². The highest BCUT2D eigenvalue weighted by molar-refractivity contribution is 5.74. The molecule has 0 aromatic rings. The second kappa shape index (κ2) is 5.93. The number of carbonyl (C=O) groups is 2. The average molecular weight is 290 g/mol. The first kappa shape index (κ1) is 15.0. The first-order valence-electron chi connectivity index (χ1n) is 7.01. The van der Waals surface area contributed by atoms with Gasteiger partial charge in [0.25, 0.3) is 0 Å². The molecule has 0 radical (unpaired) electrons. The summed E-state index contributed by atoms with van der Waals surface area (Å²) in [6.07, 6.45) is 2.11. The van der Waals surface area contributed by atoms with Crippen LogP contribution in [-0.4, -0.2) is 35.6 Å². The number of amides is 2. The number of urea groups is 1. The minimum absolute atomic E-state index is 0.0200. The SMILES string of the molecule is O=C(NCC1CC(F)(F)C1)NC1CCC(C(=O)O)CC1. The zero-order valence-electron chi connectivity index (χ0n) is 11.2. The number of aliphatic carboxylic acids is 1. The summed E-state index contributed by atoms with van der Waals surface area (Å²) < 4.78 is 25.2. The van der Waals surface area contributed by atoms with Crippen molar-refractivity contribution in [1.29, 1.82) is 0 Å². The van der Waals surface area contributed by atoms with Gasteiger partial charge in [0.15, 0.2) is 0 Å². The summed E-state index contributed by atoms with van der Waals surface area (Å²) in [5.74, 6) is -3.79. The van der Waals surface area contributed by atoms with E-state index in [1.807, 2.05) is 0 Å². The topological polar surface area (TPSA) is 78.4 Å². The third-order valence-electron chi connectivity index (χ3n) is 4.14. The Morgan fingerprint density at radius 1 is 1.15 bits per heavy atom. The summed E-state index contributed by atoms with van der Waals surface area (Å²) in [4.78, 5) is 22.4. The lowest BCUT2D eigenvalue weighted by molar-refractivity contribution is -0.142. The van der Waals surface area contributed by atoms with Crippen molar-refractivity contribution in [2.75, 3.05) is 6.54 Å². The fourth-order valence-electron chi connectivity index (χ4n) is 2.89. The summed E-state index contributed by atoms with van der Waals surface area (Å²) >= 11 is 0. The summed E-state index contributed by atoms with van der Waals surface area (Å²) in [5, 5.41) is 14.2. The maximum Gasteiger partial charge on any atom is 0.315 e. The van der Waals surface area contributed by atoms with E-state index < -0.39 is 11.9 Å². The van der Waals surface area contributed by atoms with Gasteiger partial charge < -0.3 is 15.7 Å². The second-order valence-corrected chi connectivity index (χ2v) is 5.87. The highest BCUT2D eigenvalue weighted by atomic mass is 19.3. The van der Waals surface area contributed by atoms with E-state index >= 15 is 0 Å². The maximum absolute atomic E-state index is 12.6. The Balaban J connectivity index is 1.60. The molecule has 5 nitrogen and oxygen atoms in total. The lowest BCUT2D eigenvalue weighted by Gasteiger charge is -2.35. The molecule has 0 spiro atoms. The van der Waals surface area contributed by atoms with Crippen LogP contribution in [-0.2, 0) is 4.79 Å². The molecule has 20 heavy (non-hydrogen) atoms. The van der Waals surface area contributed by atoms with Crippen molar-refractivity contribution in [3.63, 3.8) is 0 Å². The van der Waals surface area contributed by atoms with Gasteiger partial charge in [-0.15, -0.1) is 0 Å². The van der Waals surface area contributed by atoms with Crippen molar-refractivity contribution in [3.05, 3.63) is 0 Å².